The van der Waals surface area contributed by atoms with Crippen LogP contribution in [0.25, 0.3) is 22.3 Å². The van der Waals surface area contributed by atoms with Gasteiger partial charge in [0.2, 0.25) is 0 Å². The molecular weight excluding hydrogens is 466 g/mol. The van der Waals surface area contributed by atoms with E-state index in [4.69, 9.17) is 11.6 Å². The fourth-order valence-corrected chi connectivity index (χ4v) is 4.95. The number of nitrogens with zero attached hydrogens (tertiary/aromatic N) is 3. The highest BCUT2D eigenvalue weighted by Gasteiger charge is 2.15. The molecule has 0 fully saturated rings. The van der Waals surface area contributed by atoms with E-state index in [0.29, 0.717) is 5.84 Å². The van der Waals surface area contributed by atoms with E-state index in [2.05, 4.69) is 101 Å². The van der Waals surface area contributed by atoms with Crippen LogP contribution in [0.5, 0.6) is 0 Å². The number of thiophene rings is 1. The number of hydrogen-bond acceptors (Lipinski definition) is 6. The Labute approximate surface area is 215 Å². The lowest BCUT2D eigenvalue weighted by atomic mass is 10.0. The number of imidazole rings is 1. The van der Waals surface area contributed by atoms with E-state index in [-0.39, 0.29) is 0 Å². The zero-order valence-electron chi connectivity index (χ0n) is 20.7. The van der Waals surface area contributed by atoms with Crippen molar-refractivity contribution >= 4 is 28.3 Å². The fourth-order valence-electron chi connectivity index (χ4n) is 3.84. The van der Waals surface area contributed by atoms with Crippen molar-refractivity contribution in [2.75, 3.05) is 0 Å². The van der Waals surface area contributed by atoms with Crippen molar-refractivity contribution in [3.05, 3.63) is 105 Å². The highest BCUT2D eigenvalue weighted by Crippen LogP contribution is 2.33. The molecule has 0 unspecified atom stereocenters. The van der Waals surface area contributed by atoms with Gasteiger partial charge in [0, 0.05) is 29.5 Å². The summed E-state index contributed by atoms with van der Waals surface area (Å²) in [6.07, 6.45) is 3.58. The topological polar surface area (TPSA) is 118 Å². The van der Waals surface area contributed by atoms with E-state index >= 15 is 0 Å². The largest absolute Gasteiger partial charge is 0.381 e. The Bertz CT molecular complexity index is 1450. The highest BCUT2D eigenvalue weighted by atomic mass is 32.1. The molecular formula is C28H31N7S. The van der Waals surface area contributed by atoms with E-state index in [1.165, 1.54) is 21.6 Å². The number of nitrogens with one attached hydrogen (secondary N) is 2. The van der Waals surface area contributed by atoms with Crippen molar-refractivity contribution in [1.82, 2.24) is 20.5 Å². The zero-order valence-corrected chi connectivity index (χ0v) is 21.6. The number of pyridine rings is 1. The number of aryl methyl sites for hydroxylation is 3. The van der Waals surface area contributed by atoms with E-state index in [0.717, 1.165) is 45.8 Å². The van der Waals surface area contributed by atoms with Crippen LogP contribution in [0.4, 0.5) is 0 Å². The van der Waals surface area contributed by atoms with Gasteiger partial charge in [-0.15, -0.1) is 16.4 Å². The van der Waals surface area contributed by atoms with E-state index in [1.807, 2.05) is 12.1 Å². The molecule has 7 nitrogen and oxygen atoms in total. The van der Waals surface area contributed by atoms with Crippen molar-refractivity contribution in [3.63, 3.8) is 0 Å². The van der Waals surface area contributed by atoms with Crippen LogP contribution in [0.15, 0.2) is 78.0 Å². The molecule has 184 valence electrons. The monoisotopic (exact) mass is 497 g/mol. The molecule has 6 N–H and O–H groups in total. The second-order valence-electron chi connectivity index (χ2n) is 8.47. The molecule has 0 aliphatic heterocycles. The summed E-state index contributed by atoms with van der Waals surface area (Å²) < 4.78 is 0. The second kappa shape index (κ2) is 11.6. The Kier molecular flexibility index (Phi) is 8.10. The van der Waals surface area contributed by atoms with E-state index < -0.39 is 0 Å². The normalized spacial score (nSPS) is 11.3. The van der Waals surface area contributed by atoms with Crippen LogP contribution in [0.1, 0.15) is 39.2 Å². The van der Waals surface area contributed by atoms with Crippen LogP contribution in [-0.4, -0.2) is 20.8 Å². The minimum atomic E-state index is 0.400. The van der Waals surface area contributed by atoms with Gasteiger partial charge in [0.25, 0.3) is 0 Å². The van der Waals surface area contributed by atoms with Gasteiger partial charge in [0.05, 0.1) is 10.4 Å². The first-order valence-corrected chi connectivity index (χ1v) is 12.6. The van der Waals surface area contributed by atoms with Crippen LogP contribution in [-0.2, 0) is 12.8 Å². The highest BCUT2D eigenvalue weighted by molar-refractivity contribution is 7.14. The summed E-state index contributed by atoms with van der Waals surface area (Å²) in [7, 11) is 0. The third kappa shape index (κ3) is 5.97. The van der Waals surface area contributed by atoms with Crippen LogP contribution in [0.2, 0.25) is 0 Å². The molecule has 0 aliphatic rings. The number of rotatable bonds is 6. The number of hydrogen-bond donors (Lipinski definition) is 4. The quantitative estimate of drug-likeness (QED) is 0.111. The molecule has 0 saturated heterocycles. The number of H-pyrrole nitrogens is 1. The average molecular weight is 498 g/mol. The molecule has 8 heteroatoms. The zero-order chi connectivity index (χ0) is 25.5. The summed E-state index contributed by atoms with van der Waals surface area (Å²) in [6, 6.07) is 23.0. The molecule has 3 aromatic heterocycles. The van der Waals surface area contributed by atoms with Gasteiger partial charge in [-0.25, -0.2) is 21.3 Å². The summed E-state index contributed by atoms with van der Waals surface area (Å²) in [4.78, 5) is 13.9. The van der Waals surface area contributed by atoms with Crippen LogP contribution < -0.4 is 17.1 Å². The third-order valence-electron chi connectivity index (χ3n) is 5.77. The Morgan fingerprint density at radius 2 is 1.81 bits per heavy atom. The number of aromatic nitrogens is 3. The standard InChI is InChI=1S/C19H20N4S.C9H11N3/c1-13-7-9-15(10-8-13)17-12-16(11-14-5-3-2-4-6-14)24-18(17)19(20)22-23-21;1-3-7-11-8-6(2)4-5-10-9(8)12-7/h2-10,12,23H,11,21H2,1H3,(H2,20,22);4-5H,3H2,1-2H3,(H,10,11,12). The lowest BCUT2D eigenvalue weighted by Crippen LogP contribution is -2.22. The van der Waals surface area contributed by atoms with Gasteiger partial charge in [-0.3, -0.25) is 0 Å². The Morgan fingerprint density at radius 3 is 2.47 bits per heavy atom. The lowest BCUT2D eigenvalue weighted by Gasteiger charge is -2.04. The summed E-state index contributed by atoms with van der Waals surface area (Å²) in [5.74, 6) is 6.70. The summed E-state index contributed by atoms with van der Waals surface area (Å²) >= 11 is 1.65. The minimum absolute atomic E-state index is 0.400. The smallest absolute Gasteiger partial charge is 0.177 e. The van der Waals surface area contributed by atoms with Gasteiger partial charge >= 0.3 is 0 Å². The van der Waals surface area contributed by atoms with Gasteiger partial charge in [-0.05, 0) is 42.7 Å². The number of hydrazine groups is 1. The molecule has 0 spiro atoms. The first kappa shape index (κ1) is 25.1. The molecule has 0 saturated carbocycles. The Hall–Kier alpha value is -4.01. The number of benzene rings is 2. The summed E-state index contributed by atoms with van der Waals surface area (Å²) in [5, 5.41) is 3.95. The lowest BCUT2D eigenvalue weighted by molar-refractivity contribution is 0.804. The molecule has 0 bridgehead atoms. The second-order valence-corrected chi connectivity index (χ2v) is 9.61. The maximum absolute atomic E-state index is 6.10. The van der Waals surface area contributed by atoms with Gasteiger partial charge in [0.1, 0.15) is 5.82 Å². The molecule has 0 atom stereocenters. The molecule has 0 amide bonds. The van der Waals surface area contributed by atoms with Crippen molar-refractivity contribution < 1.29 is 0 Å². The molecule has 3 heterocycles. The molecule has 2 aromatic carbocycles. The molecule has 5 aromatic rings. The minimum Gasteiger partial charge on any atom is -0.381 e. The molecule has 5 rings (SSSR count). The first-order chi connectivity index (χ1) is 17.5. The van der Waals surface area contributed by atoms with Crippen molar-refractivity contribution in [2.45, 2.75) is 33.6 Å². The van der Waals surface area contributed by atoms with Crippen molar-refractivity contribution in [2.24, 2.45) is 16.7 Å². The van der Waals surface area contributed by atoms with E-state index in [1.54, 1.807) is 17.5 Å². The van der Waals surface area contributed by atoms with Gasteiger partial charge in [0.15, 0.2) is 11.5 Å². The fraction of sp³-hybridized carbons (Fsp3) is 0.179. The number of nitrogens with two attached hydrogens (primary N) is 2. The van der Waals surface area contributed by atoms with Crippen LogP contribution >= 0.6 is 11.3 Å². The van der Waals surface area contributed by atoms with Gasteiger partial charge in [-0.1, -0.05) is 67.1 Å². The van der Waals surface area contributed by atoms with Crippen molar-refractivity contribution in [3.8, 4) is 11.1 Å². The number of amidine groups is 1. The first-order valence-electron chi connectivity index (χ1n) is 11.8. The summed E-state index contributed by atoms with van der Waals surface area (Å²) in [6.45, 7) is 6.21. The Balaban J connectivity index is 0.000000211. The Morgan fingerprint density at radius 1 is 1.06 bits per heavy atom. The van der Waals surface area contributed by atoms with Crippen LogP contribution in [0.3, 0.4) is 0 Å². The number of fused-ring (bicyclic) bond motifs is 1. The van der Waals surface area contributed by atoms with E-state index in [9.17, 15) is 0 Å². The third-order valence-corrected chi connectivity index (χ3v) is 6.93. The number of hydrazone groups is 1. The predicted octanol–water partition coefficient (Wildman–Crippen LogP) is 5.23. The maximum atomic E-state index is 6.10. The maximum Gasteiger partial charge on any atom is 0.177 e. The number of aromatic amines is 1. The van der Waals surface area contributed by atoms with Crippen LogP contribution in [0, 0.1) is 13.8 Å². The molecule has 0 aliphatic carbocycles. The molecule has 36 heavy (non-hydrogen) atoms. The average Bonchev–Trinajstić information content (AvgIpc) is 3.51. The summed E-state index contributed by atoms with van der Waals surface area (Å²) in [5.41, 5.74) is 16.2. The predicted molar refractivity (Wildman–Crippen MR) is 150 cm³/mol. The van der Waals surface area contributed by atoms with Gasteiger partial charge < -0.3 is 10.7 Å². The van der Waals surface area contributed by atoms with Gasteiger partial charge in [-0.2, -0.15) is 0 Å². The molecule has 0 radical (unpaired) electrons. The van der Waals surface area contributed by atoms with Crippen molar-refractivity contribution in [1.29, 1.82) is 0 Å². The SMILES string of the molecule is CCc1nc2nccc(C)c2[nH]1.Cc1ccc(-c2cc(Cc3ccccc3)sc2/C(N)=N/NN)cc1.